The molecule has 0 N–H and O–H groups in total. The zero-order valence-corrected chi connectivity index (χ0v) is 16.9. The number of hydrogen-bond acceptors (Lipinski definition) is 4. The monoisotopic (exact) mass is 437 g/mol. The Balaban J connectivity index is 1.65. The maximum absolute atomic E-state index is 13.3. The van der Waals surface area contributed by atoms with Crippen molar-refractivity contribution in [3.05, 3.63) is 58.6 Å². The van der Waals surface area contributed by atoms with Gasteiger partial charge in [-0.3, -0.25) is 9.20 Å². The molecule has 1 amide bonds. The van der Waals surface area contributed by atoms with E-state index in [9.17, 15) is 18.0 Å². The first-order valence-electron chi connectivity index (χ1n) is 9.52. The van der Waals surface area contributed by atoms with Crippen molar-refractivity contribution in [2.24, 2.45) is 0 Å². The van der Waals surface area contributed by atoms with E-state index in [4.69, 9.17) is 11.6 Å². The maximum Gasteiger partial charge on any atom is 0.417 e. The average Bonchev–Trinajstić information content (AvgIpc) is 3.12. The molecule has 30 heavy (non-hydrogen) atoms. The van der Waals surface area contributed by atoms with E-state index in [1.165, 1.54) is 4.40 Å². The molecule has 0 radical (unpaired) electrons. The second-order valence-corrected chi connectivity index (χ2v) is 7.40. The van der Waals surface area contributed by atoms with Gasteiger partial charge in [-0.25, -0.2) is 9.97 Å². The molecule has 0 spiro atoms. The molecule has 0 saturated carbocycles. The molecule has 1 saturated heterocycles. The first-order chi connectivity index (χ1) is 14.3. The number of imidazole rings is 1. The highest BCUT2D eigenvalue weighted by atomic mass is 35.5. The predicted octanol–water partition coefficient (Wildman–Crippen LogP) is 3.93. The maximum atomic E-state index is 13.3. The van der Waals surface area contributed by atoms with Crippen molar-refractivity contribution >= 4 is 29.0 Å². The fourth-order valence-corrected chi connectivity index (χ4v) is 3.86. The smallest absolute Gasteiger partial charge is 0.353 e. The lowest BCUT2D eigenvalue weighted by Gasteiger charge is -2.35. The van der Waals surface area contributed by atoms with Gasteiger partial charge in [0.2, 0.25) is 0 Å². The van der Waals surface area contributed by atoms with Crippen LogP contribution < -0.4 is 4.90 Å². The van der Waals surface area contributed by atoms with Gasteiger partial charge >= 0.3 is 6.18 Å². The molecule has 3 aromatic heterocycles. The number of hydrogen-bond donors (Lipinski definition) is 0. The average molecular weight is 438 g/mol. The summed E-state index contributed by atoms with van der Waals surface area (Å²) < 4.78 is 41.0. The molecule has 3 aromatic rings. The topological polar surface area (TPSA) is 53.7 Å². The van der Waals surface area contributed by atoms with Crippen molar-refractivity contribution in [2.45, 2.75) is 19.5 Å². The van der Waals surface area contributed by atoms with E-state index < -0.39 is 11.7 Å². The Morgan fingerprint density at radius 1 is 1.20 bits per heavy atom. The van der Waals surface area contributed by atoms with Crippen LogP contribution in [0.1, 0.15) is 28.7 Å². The molecular weight excluding hydrogens is 419 g/mol. The van der Waals surface area contributed by atoms with Crippen LogP contribution in [0.3, 0.4) is 0 Å². The van der Waals surface area contributed by atoms with Gasteiger partial charge in [-0.15, -0.1) is 0 Å². The summed E-state index contributed by atoms with van der Waals surface area (Å²) in [4.78, 5) is 25.6. The Morgan fingerprint density at radius 3 is 2.53 bits per heavy atom. The summed E-state index contributed by atoms with van der Waals surface area (Å²) in [5.74, 6) is 0.477. The molecule has 0 atom stereocenters. The van der Waals surface area contributed by atoms with Gasteiger partial charge in [0, 0.05) is 38.6 Å². The minimum Gasteiger partial charge on any atom is -0.353 e. The lowest BCUT2D eigenvalue weighted by Crippen LogP contribution is -2.49. The van der Waals surface area contributed by atoms with Crippen LogP contribution in [-0.2, 0) is 12.6 Å². The predicted molar refractivity (Wildman–Crippen MR) is 107 cm³/mol. The number of aromatic nitrogens is 3. The van der Waals surface area contributed by atoms with Crippen molar-refractivity contribution in [1.82, 2.24) is 19.3 Å². The minimum absolute atomic E-state index is 0.131. The lowest BCUT2D eigenvalue weighted by atomic mass is 10.2. The molecule has 158 valence electrons. The summed E-state index contributed by atoms with van der Waals surface area (Å²) in [5.41, 5.74) is -0.216. The minimum atomic E-state index is -4.58. The number of nitrogens with zero attached hydrogens (tertiary/aromatic N) is 5. The van der Waals surface area contributed by atoms with E-state index in [0.29, 0.717) is 38.3 Å². The standard InChI is InChI=1S/C20H19ClF3N5O/c1-2-15-17(29-12-13(20(22,23)24)11-14(21)18(29)26-15)19(30)28-9-7-27(8-10-28)16-5-3-4-6-25-16/h3-6,11-12H,2,7-10H2,1H3. The molecule has 1 aliphatic rings. The number of piperazine rings is 1. The third-order valence-electron chi connectivity index (χ3n) is 5.15. The van der Waals surface area contributed by atoms with E-state index in [0.717, 1.165) is 18.1 Å². The van der Waals surface area contributed by atoms with E-state index in [-0.39, 0.29) is 22.3 Å². The molecule has 1 aliphatic heterocycles. The molecule has 4 heterocycles. The molecule has 6 nitrogen and oxygen atoms in total. The molecule has 1 fully saturated rings. The second-order valence-electron chi connectivity index (χ2n) is 7.00. The van der Waals surface area contributed by atoms with Gasteiger partial charge in [-0.1, -0.05) is 24.6 Å². The van der Waals surface area contributed by atoms with E-state index in [1.807, 2.05) is 18.2 Å². The van der Waals surface area contributed by atoms with Crippen LogP contribution in [0.25, 0.3) is 5.65 Å². The Kier molecular flexibility index (Phi) is 5.31. The van der Waals surface area contributed by atoms with Crippen molar-refractivity contribution in [3.8, 4) is 0 Å². The molecule has 0 unspecified atom stereocenters. The number of halogens is 4. The Morgan fingerprint density at radius 2 is 1.93 bits per heavy atom. The first kappa shape index (κ1) is 20.5. The highest BCUT2D eigenvalue weighted by molar-refractivity contribution is 6.33. The van der Waals surface area contributed by atoms with E-state index >= 15 is 0 Å². The Hall–Kier alpha value is -2.81. The van der Waals surface area contributed by atoms with Crippen LogP contribution in [0.4, 0.5) is 19.0 Å². The van der Waals surface area contributed by atoms with Crippen molar-refractivity contribution in [1.29, 1.82) is 0 Å². The van der Waals surface area contributed by atoms with Crippen LogP contribution >= 0.6 is 11.6 Å². The summed E-state index contributed by atoms with van der Waals surface area (Å²) in [6.45, 7) is 3.82. The summed E-state index contributed by atoms with van der Waals surface area (Å²) in [5, 5.41) is -0.140. The highest BCUT2D eigenvalue weighted by Crippen LogP contribution is 2.33. The number of anilines is 1. The van der Waals surface area contributed by atoms with Crippen molar-refractivity contribution in [2.75, 3.05) is 31.1 Å². The third-order valence-corrected chi connectivity index (χ3v) is 5.43. The number of carbonyl (C=O) groups excluding carboxylic acids is 1. The van der Waals surface area contributed by atoms with Gasteiger partial charge in [-0.2, -0.15) is 13.2 Å². The number of carbonyl (C=O) groups is 1. The lowest BCUT2D eigenvalue weighted by molar-refractivity contribution is -0.137. The van der Waals surface area contributed by atoms with Crippen LogP contribution in [0.2, 0.25) is 5.02 Å². The summed E-state index contributed by atoms with van der Waals surface area (Å²) in [7, 11) is 0. The summed E-state index contributed by atoms with van der Waals surface area (Å²) >= 11 is 6.07. The number of amides is 1. The molecule has 0 bridgehead atoms. The van der Waals surface area contributed by atoms with E-state index in [2.05, 4.69) is 14.9 Å². The van der Waals surface area contributed by atoms with Gasteiger partial charge in [0.25, 0.3) is 5.91 Å². The highest BCUT2D eigenvalue weighted by Gasteiger charge is 2.34. The fraction of sp³-hybridized carbons (Fsp3) is 0.350. The van der Waals surface area contributed by atoms with E-state index in [1.54, 1.807) is 18.0 Å². The van der Waals surface area contributed by atoms with Gasteiger partial charge in [0.1, 0.15) is 11.5 Å². The Labute approximate surface area is 175 Å². The summed E-state index contributed by atoms with van der Waals surface area (Å²) in [6, 6.07) is 6.47. The molecular formula is C20H19ClF3N5O. The normalized spacial score (nSPS) is 15.1. The number of aryl methyl sites for hydroxylation is 1. The third kappa shape index (κ3) is 3.69. The number of fused-ring (bicyclic) bond motifs is 1. The van der Waals surface area contributed by atoms with Gasteiger partial charge < -0.3 is 9.80 Å². The van der Waals surface area contributed by atoms with Crippen LogP contribution in [0.5, 0.6) is 0 Å². The summed E-state index contributed by atoms with van der Waals surface area (Å²) in [6.07, 6.45) is -1.58. The second kappa shape index (κ2) is 7.79. The number of alkyl halides is 3. The van der Waals surface area contributed by atoms with Crippen molar-refractivity contribution in [3.63, 3.8) is 0 Å². The first-order valence-corrected chi connectivity index (χ1v) is 9.90. The molecule has 0 aliphatic carbocycles. The zero-order chi connectivity index (χ0) is 21.5. The SMILES string of the molecule is CCc1nc2c(Cl)cc(C(F)(F)F)cn2c1C(=O)N1CCN(c2ccccn2)CC1. The molecule has 10 heteroatoms. The quantitative estimate of drug-likeness (QED) is 0.623. The molecule has 0 aromatic carbocycles. The Bertz CT molecular complexity index is 1080. The van der Waals surface area contributed by atoms with Gasteiger partial charge in [0.15, 0.2) is 5.65 Å². The number of pyridine rings is 2. The van der Waals surface area contributed by atoms with Crippen LogP contribution in [0, 0.1) is 0 Å². The van der Waals surface area contributed by atoms with Gasteiger partial charge in [-0.05, 0) is 24.6 Å². The van der Waals surface area contributed by atoms with Crippen LogP contribution in [-0.4, -0.2) is 51.4 Å². The largest absolute Gasteiger partial charge is 0.417 e. The number of rotatable bonds is 3. The molecule has 4 rings (SSSR count). The fourth-order valence-electron chi connectivity index (χ4n) is 3.61. The van der Waals surface area contributed by atoms with Crippen LogP contribution in [0.15, 0.2) is 36.7 Å². The van der Waals surface area contributed by atoms with Crippen molar-refractivity contribution < 1.29 is 18.0 Å². The van der Waals surface area contributed by atoms with Gasteiger partial charge in [0.05, 0.1) is 16.3 Å². The zero-order valence-electron chi connectivity index (χ0n) is 16.2.